The summed E-state index contributed by atoms with van der Waals surface area (Å²) in [5, 5.41) is 3.31. The van der Waals surface area contributed by atoms with E-state index in [1.807, 2.05) is 11.6 Å². The summed E-state index contributed by atoms with van der Waals surface area (Å²) >= 11 is 0. The monoisotopic (exact) mass is 299 g/mol. The SMILES string of the molecule is CCCNCc1cc(S(=O)(=O)N2CCCCC2)cn1C. The second-order valence-electron chi connectivity index (χ2n) is 5.42. The molecule has 1 aromatic rings. The van der Waals surface area contributed by atoms with Crippen molar-refractivity contribution in [2.24, 2.45) is 7.05 Å². The fraction of sp³-hybridized carbons (Fsp3) is 0.714. The third kappa shape index (κ3) is 3.42. The van der Waals surface area contributed by atoms with Crippen LogP contribution in [0.3, 0.4) is 0 Å². The zero-order chi connectivity index (χ0) is 14.6. The Balaban J connectivity index is 2.13. The number of piperidine rings is 1. The molecule has 1 aliphatic rings. The van der Waals surface area contributed by atoms with Crippen LogP contribution < -0.4 is 5.32 Å². The number of aryl methyl sites for hydroxylation is 1. The van der Waals surface area contributed by atoms with E-state index in [-0.39, 0.29) is 0 Å². The Morgan fingerprint density at radius 3 is 2.60 bits per heavy atom. The predicted molar refractivity (Wildman–Crippen MR) is 80.0 cm³/mol. The number of sulfonamides is 1. The van der Waals surface area contributed by atoms with Crippen LogP contribution in [-0.2, 0) is 23.6 Å². The molecule has 0 aliphatic carbocycles. The summed E-state index contributed by atoms with van der Waals surface area (Å²) in [6.45, 7) is 5.07. The van der Waals surface area contributed by atoms with Crippen LogP contribution in [0, 0.1) is 0 Å². The molecule has 1 aromatic heterocycles. The van der Waals surface area contributed by atoms with Crippen LogP contribution in [0.1, 0.15) is 38.3 Å². The number of nitrogens with zero attached hydrogens (tertiary/aromatic N) is 2. The van der Waals surface area contributed by atoms with Crippen molar-refractivity contribution < 1.29 is 8.42 Å². The molecule has 0 amide bonds. The summed E-state index contributed by atoms with van der Waals surface area (Å²) in [7, 11) is -1.41. The number of rotatable bonds is 6. The lowest BCUT2D eigenvalue weighted by molar-refractivity contribution is 0.346. The first-order valence-electron chi connectivity index (χ1n) is 7.42. The molecule has 20 heavy (non-hydrogen) atoms. The highest BCUT2D eigenvalue weighted by atomic mass is 32.2. The van der Waals surface area contributed by atoms with Crippen molar-refractivity contribution in [3.63, 3.8) is 0 Å². The first-order valence-corrected chi connectivity index (χ1v) is 8.86. The first kappa shape index (κ1) is 15.5. The highest BCUT2D eigenvalue weighted by Gasteiger charge is 2.27. The highest BCUT2D eigenvalue weighted by Crippen LogP contribution is 2.22. The molecule has 0 unspecified atom stereocenters. The lowest BCUT2D eigenvalue weighted by Crippen LogP contribution is -2.35. The molecule has 1 aliphatic heterocycles. The van der Waals surface area contributed by atoms with Gasteiger partial charge in [0, 0.05) is 38.6 Å². The number of aromatic nitrogens is 1. The van der Waals surface area contributed by atoms with Gasteiger partial charge < -0.3 is 9.88 Å². The zero-order valence-corrected chi connectivity index (χ0v) is 13.2. The minimum absolute atomic E-state index is 0.426. The summed E-state index contributed by atoms with van der Waals surface area (Å²) in [5.41, 5.74) is 1.01. The van der Waals surface area contributed by atoms with Crippen molar-refractivity contribution in [2.45, 2.75) is 44.0 Å². The minimum atomic E-state index is -3.31. The Morgan fingerprint density at radius 2 is 1.95 bits per heavy atom. The average molecular weight is 299 g/mol. The van der Waals surface area contributed by atoms with Crippen LogP contribution in [0.4, 0.5) is 0 Å². The molecule has 5 nitrogen and oxygen atoms in total. The van der Waals surface area contributed by atoms with E-state index >= 15 is 0 Å². The highest BCUT2D eigenvalue weighted by molar-refractivity contribution is 7.89. The van der Waals surface area contributed by atoms with E-state index in [1.54, 1.807) is 16.6 Å². The Bertz CT molecular complexity index is 531. The van der Waals surface area contributed by atoms with Crippen LogP contribution in [-0.4, -0.2) is 36.9 Å². The molecular formula is C14H25N3O2S. The molecule has 0 atom stereocenters. The normalized spacial score (nSPS) is 17.5. The fourth-order valence-corrected chi connectivity index (χ4v) is 4.15. The number of nitrogens with one attached hydrogen (secondary N) is 1. The molecule has 0 bridgehead atoms. The molecule has 0 aromatic carbocycles. The Labute approximate surface area is 122 Å². The second-order valence-corrected chi connectivity index (χ2v) is 7.36. The molecule has 114 valence electrons. The lowest BCUT2D eigenvalue weighted by atomic mass is 10.2. The molecule has 1 N–H and O–H groups in total. The third-order valence-electron chi connectivity index (χ3n) is 3.77. The molecule has 2 heterocycles. The van der Waals surface area contributed by atoms with E-state index in [1.165, 1.54) is 0 Å². The Hall–Kier alpha value is -0.850. The molecule has 1 fully saturated rings. The average Bonchev–Trinajstić information content (AvgIpc) is 2.82. The van der Waals surface area contributed by atoms with Gasteiger partial charge in [0.25, 0.3) is 0 Å². The van der Waals surface area contributed by atoms with Gasteiger partial charge in [0.05, 0.1) is 0 Å². The topological polar surface area (TPSA) is 54.3 Å². The lowest BCUT2D eigenvalue weighted by Gasteiger charge is -2.25. The van der Waals surface area contributed by atoms with Gasteiger partial charge in [-0.15, -0.1) is 0 Å². The van der Waals surface area contributed by atoms with Crippen molar-refractivity contribution in [1.29, 1.82) is 0 Å². The number of hydrogen-bond acceptors (Lipinski definition) is 3. The number of hydrogen-bond donors (Lipinski definition) is 1. The van der Waals surface area contributed by atoms with Gasteiger partial charge in [-0.25, -0.2) is 8.42 Å². The molecule has 0 spiro atoms. The maximum atomic E-state index is 12.6. The Morgan fingerprint density at radius 1 is 1.25 bits per heavy atom. The van der Waals surface area contributed by atoms with E-state index in [4.69, 9.17) is 0 Å². The van der Waals surface area contributed by atoms with Gasteiger partial charge in [0.1, 0.15) is 4.90 Å². The smallest absolute Gasteiger partial charge is 0.244 e. The van der Waals surface area contributed by atoms with Gasteiger partial charge in [-0.05, 0) is 31.9 Å². The summed E-state index contributed by atoms with van der Waals surface area (Å²) in [6.07, 6.45) is 5.87. The van der Waals surface area contributed by atoms with Crippen LogP contribution in [0.2, 0.25) is 0 Å². The van der Waals surface area contributed by atoms with Crippen LogP contribution >= 0.6 is 0 Å². The zero-order valence-electron chi connectivity index (χ0n) is 12.4. The van der Waals surface area contributed by atoms with Crippen LogP contribution in [0.5, 0.6) is 0 Å². The summed E-state index contributed by atoms with van der Waals surface area (Å²) < 4.78 is 28.7. The van der Waals surface area contributed by atoms with Crippen molar-refractivity contribution in [1.82, 2.24) is 14.2 Å². The van der Waals surface area contributed by atoms with E-state index in [0.29, 0.717) is 24.5 Å². The summed E-state index contributed by atoms with van der Waals surface area (Å²) in [5.74, 6) is 0. The van der Waals surface area contributed by atoms with E-state index < -0.39 is 10.0 Å². The van der Waals surface area contributed by atoms with Crippen molar-refractivity contribution in [3.8, 4) is 0 Å². The second kappa shape index (κ2) is 6.74. The largest absolute Gasteiger partial charge is 0.352 e. The van der Waals surface area contributed by atoms with Gasteiger partial charge in [-0.2, -0.15) is 4.31 Å². The van der Waals surface area contributed by atoms with Gasteiger partial charge in [-0.1, -0.05) is 13.3 Å². The van der Waals surface area contributed by atoms with E-state index in [2.05, 4.69) is 12.2 Å². The molecule has 1 saturated heterocycles. The van der Waals surface area contributed by atoms with E-state index in [9.17, 15) is 8.42 Å². The predicted octanol–water partition coefficient (Wildman–Crippen LogP) is 1.70. The van der Waals surface area contributed by atoms with Crippen molar-refractivity contribution in [3.05, 3.63) is 18.0 Å². The van der Waals surface area contributed by atoms with Crippen LogP contribution in [0.15, 0.2) is 17.2 Å². The molecule has 2 rings (SSSR count). The van der Waals surface area contributed by atoms with Gasteiger partial charge in [-0.3, -0.25) is 0 Å². The van der Waals surface area contributed by atoms with Crippen LogP contribution in [0.25, 0.3) is 0 Å². The van der Waals surface area contributed by atoms with E-state index in [0.717, 1.165) is 37.9 Å². The summed E-state index contributed by atoms with van der Waals surface area (Å²) in [6, 6.07) is 1.80. The maximum absolute atomic E-state index is 12.6. The molecule has 6 heteroatoms. The fourth-order valence-electron chi connectivity index (χ4n) is 2.54. The van der Waals surface area contributed by atoms with Gasteiger partial charge in [0.2, 0.25) is 10.0 Å². The van der Waals surface area contributed by atoms with Gasteiger partial charge in [0.15, 0.2) is 0 Å². The molecule has 0 radical (unpaired) electrons. The maximum Gasteiger partial charge on any atom is 0.244 e. The third-order valence-corrected chi connectivity index (χ3v) is 5.63. The Kier molecular flexibility index (Phi) is 5.23. The quantitative estimate of drug-likeness (QED) is 0.814. The van der Waals surface area contributed by atoms with Crippen molar-refractivity contribution >= 4 is 10.0 Å². The first-order chi connectivity index (χ1) is 9.55. The van der Waals surface area contributed by atoms with Crippen molar-refractivity contribution in [2.75, 3.05) is 19.6 Å². The molecular weight excluding hydrogens is 274 g/mol. The minimum Gasteiger partial charge on any atom is -0.352 e. The standard InChI is InChI=1S/C14H25N3O2S/c1-3-7-15-11-13-10-14(12-16(13)2)20(18,19)17-8-5-4-6-9-17/h10,12,15H,3-9,11H2,1-2H3. The summed E-state index contributed by atoms with van der Waals surface area (Å²) in [4.78, 5) is 0.426. The molecule has 0 saturated carbocycles. The van der Waals surface area contributed by atoms with Gasteiger partial charge >= 0.3 is 0 Å².